The molecule has 3 aromatic carbocycles. The van der Waals surface area contributed by atoms with Crippen molar-refractivity contribution in [1.29, 1.82) is 0 Å². The predicted molar refractivity (Wildman–Crippen MR) is 93.4 cm³/mol. The maximum Gasteiger partial charge on any atom is 0.238 e. The lowest BCUT2D eigenvalue weighted by Crippen LogP contribution is -2.11. The average molecular weight is 452 g/mol. The van der Waals surface area contributed by atoms with Crippen molar-refractivity contribution in [1.82, 2.24) is 0 Å². The van der Waals surface area contributed by atoms with Gasteiger partial charge < -0.3 is 0 Å². The topological polar surface area (TPSA) is 60.2 Å². The largest absolute Gasteiger partial charge is 0.238 e. The molecule has 152 valence electrons. The fourth-order valence-corrected chi connectivity index (χ4v) is 3.31. The van der Waals surface area contributed by atoms with E-state index in [1.54, 1.807) is 0 Å². The predicted octanol–water partition coefficient (Wildman–Crippen LogP) is 5.16. The highest BCUT2D eigenvalue weighted by Gasteiger charge is 2.28. The van der Waals surface area contributed by atoms with Crippen molar-refractivity contribution in [2.75, 3.05) is 0 Å². The van der Waals surface area contributed by atoms with E-state index in [0.29, 0.717) is 12.1 Å². The maximum atomic E-state index is 14.6. The Morgan fingerprint density at radius 2 is 1.10 bits per heavy atom. The van der Waals surface area contributed by atoms with Gasteiger partial charge in [-0.25, -0.2) is 39.9 Å². The second-order valence-corrected chi connectivity index (χ2v) is 7.77. The number of primary sulfonamides is 1. The summed E-state index contributed by atoms with van der Waals surface area (Å²) in [4.78, 5) is -0.394. The molecule has 0 saturated heterocycles. The van der Waals surface area contributed by atoms with Gasteiger partial charge in [0.1, 0.15) is 16.7 Å². The minimum atomic E-state index is -4.13. The molecule has 11 heteroatoms. The molecule has 2 N–H and O–H groups in total. The highest BCUT2D eigenvalue weighted by Crippen LogP contribution is 2.40. The van der Waals surface area contributed by atoms with Crippen LogP contribution in [0.3, 0.4) is 0 Å². The third-order valence-corrected chi connectivity index (χ3v) is 5.30. The van der Waals surface area contributed by atoms with Crippen molar-refractivity contribution in [2.45, 2.75) is 4.90 Å². The van der Waals surface area contributed by atoms with Gasteiger partial charge in [0, 0.05) is 11.1 Å². The van der Waals surface area contributed by atoms with Gasteiger partial charge in [0.25, 0.3) is 0 Å². The summed E-state index contributed by atoms with van der Waals surface area (Å²) in [6, 6.07) is 4.75. The van der Waals surface area contributed by atoms with E-state index in [0.717, 1.165) is 24.3 Å². The SMILES string of the molecule is NS(=O)(=O)c1ccc(-c2c(F)c(F)c(F)c(F)c2-c2cc(F)c(Cl)c(F)c2)cc1. The molecule has 3 nitrogen and oxygen atoms in total. The minimum absolute atomic E-state index is 0.307. The van der Waals surface area contributed by atoms with Crippen molar-refractivity contribution in [3.8, 4) is 22.3 Å². The molecule has 0 aliphatic rings. The van der Waals surface area contributed by atoms with Crippen LogP contribution in [0, 0.1) is 34.9 Å². The number of rotatable bonds is 3. The first-order chi connectivity index (χ1) is 13.4. The van der Waals surface area contributed by atoms with Gasteiger partial charge in [-0.05, 0) is 35.4 Å². The van der Waals surface area contributed by atoms with Gasteiger partial charge in [0.2, 0.25) is 10.0 Å². The van der Waals surface area contributed by atoms with Crippen LogP contribution < -0.4 is 5.14 Å². The van der Waals surface area contributed by atoms with Crippen LogP contribution in [0.2, 0.25) is 5.02 Å². The highest BCUT2D eigenvalue weighted by molar-refractivity contribution is 7.89. The van der Waals surface area contributed by atoms with E-state index < -0.39 is 71.5 Å². The molecular formula is C18H8ClF6NO2S. The lowest BCUT2D eigenvalue weighted by molar-refractivity contribution is 0.412. The quantitative estimate of drug-likeness (QED) is 0.340. The Balaban J connectivity index is 2.38. The van der Waals surface area contributed by atoms with Crippen molar-refractivity contribution in [3.05, 3.63) is 76.3 Å². The second-order valence-electron chi connectivity index (χ2n) is 5.83. The summed E-state index contributed by atoms with van der Waals surface area (Å²) in [5, 5.41) is 4.01. The number of nitrogens with two attached hydrogens (primary N) is 1. The second kappa shape index (κ2) is 7.36. The van der Waals surface area contributed by atoms with Crippen LogP contribution in [0.15, 0.2) is 41.3 Å². The van der Waals surface area contributed by atoms with Crippen molar-refractivity contribution in [2.24, 2.45) is 5.14 Å². The summed E-state index contributed by atoms with van der Waals surface area (Å²) in [6.07, 6.45) is 0. The Hall–Kier alpha value is -2.56. The van der Waals surface area contributed by atoms with Gasteiger partial charge in [-0.3, -0.25) is 0 Å². The van der Waals surface area contributed by atoms with E-state index in [1.807, 2.05) is 0 Å². The number of sulfonamides is 1. The van der Waals surface area contributed by atoms with Crippen molar-refractivity contribution < 1.29 is 34.8 Å². The molecule has 0 fully saturated rings. The molecular weight excluding hydrogens is 444 g/mol. The summed E-state index contributed by atoms with van der Waals surface area (Å²) < 4.78 is 107. The summed E-state index contributed by atoms with van der Waals surface area (Å²) in [5.74, 6) is -10.8. The van der Waals surface area contributed by atoms with E-state index in [4.69, 9.17) is 16.7 Å². The molecule has 0 heterocycles. The van der Waals surface area contributed by atoms with E-state index >= 15 is 0 Å². The highest BCUT2D eigenvalue weighted by atomic mass is 35.5. The van der Waals surface area contributed by atoms with Gasteiger partial charge in [-0.2, -0.15) is 0 Å². The lowest BCUT2D eigenvalue weighted by atomic mass is 9.92. The fraction of sp³-hybridized carbons (Fsp3) is 0. The van der Waals surface area contributed by atoms with Crippen LogP contribution in [0.5, 0.6) is 0 Å². The summed E-state index contributed by atoms with van der Waals surface area (Å²) in [5.41, 5.74) is -2.84. The first kappa shape index (κ1) is 21.2. The molecule has 0 bridgehead atoms. The van der Waals surface area contributed by atoms with E-state index in [2.05, 4.69) is 0 Å². The Morgan fingerprint density at radius 1 is 0.690 bits per heavy atom. The van der Waals surface area contributed by atoms with Crippen LogP contribution >= 0.6 is 11.6 Å². The van der Waals surface area contributed by atoms with Gasteiger partial charge in [0.15, 0.2) is 23.3 Å². The Labute approximate surface area is 165 Å². The lowest BCUT2D eigenvalue weighted by Gasteiger charge is -2.15. The van der Waals surface area contributed by atoms with Gasteiger partial charge in [0.05, 0.1) is 4.90 Å². The zero-order valence-corrected chi connectivity index (χ0v) is 15.5. The third-order valence-electron chi connectivity index (χ3n) is 4.01. The normalized spacial score (nSPS) is 11.7. The molecule has 0 unspecified atom stereocenters. The molecule has 0 aromatic heterocycles. The zero-order chi connectivity index (χ0) is 21.7. The van der Waals surface area contributed by atoms with Crippen molar-refractivity contribution >= 4 is 21.6 Å². The molecule has 0 aliphatic carbocycles. The number of hydrogen-bond donors (Lipinski definition) is 1. The smallest absolute Gasteiger partial charge is 0.225 e. The van der Waals surface area contributed by atoms with Crippen LogP contribution in [-0.4, -0.2) is 8.42 Å². The summed E-state index contributed by atoms with van der Waals surface area (Å²) in [7, 11) is -4.13. The molecule has 0 saturated carbocycles. The summed E-state index contributed by atoms with van der Waals surface area (Å²) in [6.45, 7) is 0. The van der Waals surface area contributed by atoms with Crippen LogP contribution in [0.25, 0.3) is 22.3 Å². The van der Waals surface area contributed by atoms with E-state index in [9.17, 15) is 34.8 Å². The van der Waals surface area contributed by atoms with Crippen LogP contribution in [-0.2, 0) is 10.0 Å². The van der Waals surface area contributed by atoms with Crippen LogP contribution in [0.1, 0.15) is 0 Å². The first-order valence-corrected chi connectivity index (χ1v) is 9.50. The van der Waals surface area contributed by atoms with Gasteiger partial charge in [-0.15, -0.1) is 0 Å². The number of hydrogen-bond acceptors (Lipinski definition) is 2. The van der Waals surface area contributed by atoms with Gasteiger partial charge in [-0.1, -0.05) is 23.7 Å². The fourth-order valence-electron chi connectivity index (χ4n) is 2.68. The molecule has 3 aromatic rings. The molecule has 0 atom stereocenters. The molecule has 3 rings (SSSR count). The molecule has 29 heavy (non-hydrogen) atoms. The molecule has 0 radical (unpaired) electrons. The molecule has 0 amide bonds. The Bertz CT molecular complexity index is 1220. The Kier molecular flexibility index (Phi) is 5.37. The third kappa shape index (κ3) is 3.70. The average Bonchev–Trinajstić information content (AvgIpc) is 2.66. The van der Waals surface area contributed by atoms with Crippen molar-refractivity contribution in [3.63, 3.8) is 0 Å². The minimum Gasteiger partial charge on any atom is -0.225 e. The van der Waals surface area contributed by atoms with E-state index in [1.165, 1.54) is 0 Å². The van der Waals surface area contributed by atoms with Crippen LogP contribution in [0.4, 0.5) is 26.3 Å². The number of benzene rings is 3. The standard InChI is InChI=1S/C18H8ClF6NO2S/c19-14-10(20)5-8(6-11(14)21)13-12(15(22)17(24)18(25)16(13)23)7-1-3-9(4-2-7)29(26,27)28/h1-6H,(H2,26,27,28). The summed E-state index contributed by atoms with van der Waals surface area (Å²) >= 11 is 5.36. The Morgan fingerprint density at radius 3 is 1.52 bits per heavy atom. The van der Waals surface area contributed by atoms with E-state index in [-0.39, 0.29) is 5.56 Å². The van der Waals surface area contributed by atoms with Gasteiger partial charge >= 0.3 is 0 Å². The maximum absolute atomic E-state index is 14.6. The number of halogens is 7. The molecule has 0 spiro atoms. The first-order valence-electron chi connectivity index (χ1n) is 7.57. The molecule has 0 aliphatic heterocycles. The zero-order valence-electron chi connectivity index (χ0n) is 13.9. The monoisotopic (exact) mass is 451 g/mol.